The number of ether oxygens (including phenoxy) is 3. The average molecular weight is 399 g/mol. The van der Waals surface area contributed by atoms with Crippen LogP contribution in [0, 0.1) is 0 Å². The third-order valence-corrected chi connectivity index (χ3v) is 4.38. The van der Waals surface area contributed by atoms with Crippen LogP contribution in [0.2, 0.25) is 0 Å². The van der Waals surface area contributed by atoms with E-state index in [0.717, 1.165) is 30.8 Å². The van der Waals surface area contributed by atoms with Crippen LogP contribution in [0.5, 0.6) is 11.5 Å². The van der Waals surface area contributed by atoms with E-state index in [1.54, 1.807) is 14.2 Å². The lowest BCUT2D eigenvalue weighted by molar-refractivity contribution is -0.143. The maximum Gasteiger partial charge on any atom is 0.305 e. The molecule has 4 nitrogen and oxygen atoms in total. The quantitative estimate of drug-likeness (QED) is 0.368. The number of allylic oxidation sites excluding steroid dienone is 1. The number of unbranched alkanes of at least 4 members (excludes halogenated alkanes) is 2. The summed E-state index contributed by atoms with van der Waals surface area (Å²) >= 11 is 0. The zero-order valence-electron chi connectivity index (χ0n) is 18.4. The zero-order chi connectivity index (χ0) is 21.5. The Hall–Kier alpha value is -2.75. The Morgan fingerprint density at radius 3 is 1.66 bits per heavy atom. The van der Waals surface area contributed by atoms with Crippen molar-refractivity contribution in [3.8, 4) is 11.5 Å². The fraction of sp³-hybridized carbons (Fsp3) is 0.400. The SMILES string of the molecule is CC=C(c1ccc(OC)cc1)c1ccc(OC)cc1.CCCCCC(=O)OCC. The predicted molar refractivity (Wildman–Crippen MR) is 120 cm³/mol. The standard InChI is InChI=1S/C17H18O2.C8H16O2/c1-4-17(13-5-9-15(18-2)10-6-13)14-7-11-16(19-3)12-8-14;1-3-5-6-7-8(9)10-4-2/h4-12H,1-3H3;3-7H2,1-2H3. The predicted octanol–water partition coefficient (Wildman–Crippen LogP) is 6.29. The first-order chi connectivity index (χ1) is 14.1. The van der Waals surface area contributed by atoms with E-state index in [1.165, 1.54) is 16.7 Å². The maximum absolute atomic E-state index is 10.7. The molecule has 2 aromatic rings. The molecule has 158 valence electrons. The van der Waals surface area contributed by atoms with Gasteiger partial charge in [0, 0.05) is 6.42 Å². The Kier molecular flexibility index (Phi) is 12.0. The van der Waals surface area contributed by atoms with Gasteiger partial charge in [-0.05, 0) is 61.2 Å². The highest BCUT2D eigenvalue weighted by molar-refractivity contribution is 5.80. The van der Waals surface area contributed by atoms with E-state index in [4.69, 9.17) is 14.2 Å². The molecule has 0 atom stereocenters. The van der Waals surface area contributed by atoms with Crippen LogP contribution in [0.25, 0.3) is 5.57 Å². The van der Waals surface area contributed by atoms with E-state index in [-0.39, 0.29) is 5.97 Å². The molecule has 29 heavy (non-hydrogen) atoms. The summed E-state index contributed by atoms with van der Waals surface area (Å²) in [5, 5.41) is 0. The van der Waals surface area contributed by atoms with Gasteiger partial charge >= 0.3 is 5.97 Å². The Bertz CT molecular complexity index is 681. The molecule has 0 aliphatic heterocycles. The molecule has 2 aromatic carbocycles. The van der Waals surface area contributed by atoms with Gasteiger partial charge < -0.3 is 14.2 Å². The van der Waals surface area contributed by atoms with E-state index in [1.807, 2.05) is 38.1 Å². The fourth-order valence-electron chi connectivity index (χ4n) is 2.79. The second-order valence-corrected chi connectivity index (χ2v) is 6.42. The van der Waals surface area contributed by atoms with Crippen molar-refractivity contribution < 1.29 is 19.0 Å². The summed E-state index contributed by atoms with van der Waals surface area (Å²) in [6.07, 6.45) is 5.94. The largest absolute Gasteiger partial charge is 0.497 e. The summed E-state index contributed by atoms with van der Waals surface area (Å²) in [6.45, 7) is 6.50. The number of carbonyl (C=O) groups is 1. The second kappa shape index (κ2) is 14.3. The van der Waals surface area contributed by atoms with E-state index in [9.17, 15) is 4.79 Å². The molecule has 0 saturated carbocycles. The Labute approximate surface area is 175 Å². The topological polar surface area (TPSA) is 44.8 Å². The van der Waals surface area contributed by atoms with Crippen molar-refractivity contribution in [1.82, 2.24) is 0 Å². The van der Waals surface area contributed by atoms with Crippen LogP contribution in [-0.2, 0) is 9.53 Å². The van der Waals surface area contributed by atoms with Crippen LogP contribution >= 0.6 is 0 Å². The molecular formula is C25H34O4. The van der Waals surface area contributed by atoms with Crippen molar-refractivity contribution in [3.05, 3.63) is 65.7 Å². The van der Waals surface area contributed by atoms with Crippen LogP contribution in [0.15, 0.2) is 54.6 Å². The van der Waals surface area contributed by atoms with E-state index >= 15 is 0 Å². The summed E-state index contributed by atoms with van der Waals surface area (Å²) in [5.41, 5.74) is 3.55. The van der Waals surface area contributed by atoms with Gasteiger partial charge in [0.2, 0.25) is 0 Å². The highest BCUT2D eigenvalue weighted by atomic mass is 16.5. The van der Waals surface area contributed by atoms with E-state index in [2.05, 4.69) is 37.3 Å². The minimum atomic E-state index is -0.0593. The van der Waals surface area contributed by atoms with Gasteiger partial charge in [-0.2, -0.15) is 0 Å². The van der Waals surface area contributed by atoms with Gasteiger partial charge in [-0.25, -0.2) is 0 Å². The summed E-state index contributed by atoms with van der Waals surface area (Å²) < 4.78 is 15.1. The van der Waals surface area contributed by atoms with E-state index in [0.29, 0.717) is 13.0 Å². The monoisotopic (exact) mass is 398 g/mol. The van der Waals surface area contributed by atoms with Gasteiger partial charge in [0.25, 0.3) is 0 Å². The first kappa shape index (κ1) is 24.3. The zero-order valence-corrected chi connectivity index (χ0v) is 18.4. The van der Waals surface area contributed by atoms with Crippen molar-refractivity contribution >= 4 is 11.5 Å². The molecule has 0 aliphatic rings. The van der Waals surface area contributed by atoms with Crippen LogP contribution in [0.3, 0.4) is 0 Å². The summed E-state index contributed by atoms with van der Waals surface area (Å²) in [5.74, 6) is 1.68. The molecule has 0 aromatic heterocycles. The Morgan fingerprint density at radius 2 is 1.31 bits per heavy atom. The summed E-state index contributed by atoms with van der Waals surface area (Å²) in [4.78, 5) is 10.7. The molecular weight excluding hydrogens is 364 g/mol. The lowest BCUT2D eigenvalue weighted by Gasteiger charge is -2.09. The molecule has 0 fully saturated rings. The second-order valence-electron chi connectivity index (χ2n) is 6.42. The highest BCUT2D eigenvalue weighted by Crippen LogP contribution is 2.26. The molecule has 2 rings (SSSR count). The third-order valence-electron chi connectivity index (χ3n) is 4.38. The molecule has 4 heteroatoms. The molecule has 0 radical (unpaired) electrons. The summed E-state index contributed by atoms with van der Waals surface area (Å²) in [7, 11) is 3.35. The molecule has 0 bridgehead atoms. The number of hydrogen-bond acceptors (Lipinski definition) is 4. The van der Waals surface area contributed by atoms with Crippen molar-refractivity contribution in [2.24, 2.45) is 0 Å². The van der Waals surface area contributed by atoms with Crippen LogP contribution in [0.4, 0.5) is 0 Å². The van der Waals surface area contributed by atoms with Crippen molar-refractivity contribution in [2.45, 2.75) is 46.5 Å². The van der Waals surface area contributed by atoms with Gasteiger partial charge in [0.15, 0.2) is 0 Å². The fourth-order valence-corrected chi connectivity index (χ4v) is 2.79. The number of methoxy groups -OCH3 is 2. The first-order valence-electron chi connectivity index (χ1n) is 10.2. The van der Waals surface area contributed by atoms with Gasteiger partial charge in [-0.1, -0.05) is 50.1 Å². The van der Waals surface area contributed by atoms with Crippen molar-refractivity contribution in [1.29, 1.82) is 0 Å². The number of esters is 1. The van der Waals surface area contributed by atoms with Crippen LogP contribution in [0.1, 0.15) is 57.6 Å². The third kappa shape index (κ3) is 8.86. The minimum Gasteiger partial charge on any atom is -0.497 e. The molecule has 0 unspecified atom stereocenters. The smallest absolute Gasteiger partial charge is 0.305 e. The number of rotatable bonds is 9. The summed E-state index contributed by atoms with van der Waals surface area (Å²) in [6, 6.07) is 16.2. The lowest BCUT2D eigenvalue weighted by atomic mass is 9.98. The van der Waals surface area contributed by atoms with Gasteiger partial charge in [-0.15, -0.1) is 0 Å². The number of carbonyl (C=O) groups excluding carboxylic acids is 1. The lowest BCUT2D eigenvalue weighted by Crippen LogP contribution is -2.02. The average Bonchev–Trinajstić information content (AvgIpc) is 2.76. The first-order valence-corrected chi connectivity index (χ1v) is 10.2. The molecule has 0 aliphatic carbocycles. The minimum absolute atomic E-state index is 0.0593. The molecule has 0 heterocycles. The number of hydrogen-bond donors (Lipinski definition) is 0. The molecule has 0 amide bonds. The van der Waals surface area contributed by atoms with Crippen molar-refractivity contribution in [3.63, 3.8) is 0 Å². The van der Waals surface area contributed by atoms with Crippen molar-refractivity contribution in [2.75, 3.05) is 20.8 Å². The normalized spacial score (nSPS) is 9.69. The van der Waals surface area contributed by atoms with Gasteiger partial charge in [0.1, 0.15) is 11.5 Å². The molecule has 0 spiro atoms. The van der Waals surface area contributed by atoms with E-state index < -0.39 is 0 Å². The molecule has 0 N–H and O–H groups in total. The molecule has 0 saturated heterocycles. The Morgan fingerprint density at radius 1 is 0.828 bits per heavy atom. The van der Waals surface area contributed by atoms with Gasteiger partial charge in [0.05, 0.1) is 20.8 Å². The Balaban J connectivity index is 0.000000359. The van der Waals surface area contributed by atoms with Crippen LogP contribution < -0.4 is 9.47 Å². The van der Waals surface area contributed by atoms with Gasteiger partial charge in [-0.3, -0.25) is 4.79 Å². The van der Waals surface area contributed by atoms with Crippen LogP contribution in [-0.4, -0.2) is 26.8 Å². The highest BCUT2D eigenvalue weighted by Gasteiger charge is 2.04. The maximum atomic E-state index is 10.7. The number of benzene rings is 2.